The van der Waals surface area contributed by atoms with Crippen molar-refractivity contribution in [1.82, 2.24) is 10.9 Å². The Bertz CT molecular complexity index is 806. The predicted molar refractivity (Wildman–Crippen MR) is 96.3 cm³/mol. The molecule has 0 unspecified atom stereocenters. The minimum atomic E-state index is -0.620. The van der Waals surface area contributed by atoms with E-state index in [-0.39, 0.29) is 5.91 Å². The number of benzene rings is 2. The van der Waals surface area contributed by atoms with E-state index in [1.54, 1.807) is 36.4 Å². The summed E-state index contributed by atoms with van der Waals surface area (Å²) in [4.78, 5) is 34.9. The summed E-state index contributed by atoms with van der Waals surface area (Å²) >= 11 is 5.82. The number of hydrogen-bond acceptors (Lipinski definition) is 3. The Kier molecular flexibility index (Phi) is 6.14. The maximum Gasteiger partial charge on any atom is 0.337 e. The first-order valence-electron chi connectivity index (χ1n) is 7.14. The lowest BCUT2D eigenvalue weighted by atomic mass is 10.2. The molecule has 7 nitrogen and oxygen atoms in total. The molecule has 0 bridgehead atoms. The molecule has 0 saturated heterocycles. The molecule has 0 aliphatic carbocycles. The van der Waals surface area contributed by atoms with Crippen LogP contribution < -0.4 is 21.5 Å². The van der Waals surface area contributed by atoms with Crippen molar-refractivity contribution in [2.75, 3.05) is 10.6 Å². The summed E-state index contributed by atoms with van der Waals surface area (Å²) in [6.07, 6.45) is 1.14. The zero-order valence-electron chi connectivity index (χ0n) is 13.0. The van der Waals surface area contributed by atoms with Crippen LogP contribution in [0.15, 0.2) is 61.2 Å². The number of carbonyl (C=O) groups excluding carboxylic acids is 3. The lowest BCUT2D eigenvalue weighted by Crippen LogP contribution is -2.43. The molecule has 0 fully saturated rings. The Morgan fingerprint density at radius 2 is 1.64 bits per heavy atom. The maximum atomic E-state index is 12.0. The Morgan fingerprint density at radius 3 is 2.28 bits per heavy atom. The van der Waals surface area contributed by atoms with Gasteiger partial charge in [-0.2, -0.15) is 0 Å². The topological polar surface area (TPSA) is 99.3 Å². The minimum absolute atomic E-state index is 0.305. The molecule has 2 aromatic carbocycles. The Morgan fingerprint density at radius 1 is 0.920 bits per heavy atom. The highest BCUT2D eigenvalue weighted by Gasteiger charge is 2.08. The zero-order valence-corrected chi connectivity index (χ0v) is 13.8. The van der Waals surface area contributed by atoms with E-state index in [4.69, 9.17) is 11.6 Å². The fraction of sp³-hybridized carbons (Fsp3) is 0. The first-order valence-corrected chi connectivity index (χ1v) is 7.52. The Labute approximate surface area is 149 Å². The molecule has 2 aromatic rings. The quantitative estimate of drug-likeness (QED) is 0.499. The minimum Gasteiger partial charge on any atom is -0.323 e. The molecule has 0 aliphatic rings. The third-order valence-electron chi connectivity index (χ3n) is 2.97. The second-order valence-electron chi connectivity index (χ2n) is 4.81. The van der Waals surface area contributed by atoms with Crippen molar-refractivity contribution in [3.05, 3.63) is 71.8 Å². The van der Waals surface area contributed by atoms with Crippen molar-refractivity contribution in [3.8, 4) is 0 Å². The van der Waals surface area contributed by atoms with E-state index in [9.17, 15) is 14.4 Å². The SMILES string of the molecule is C=CC(=O)Nc1ccc(C(=O)NNC(=O)Nc2cccc(Cl)c2)cc1. The van der Waals surface area contributed by atoms with Gasteiger partial charge in [-0.25, -0.2) is 10.2 Å². The molecule has 4 amide bonds. The molecule has 0 spiro atoms. The van der Waals surface area contributed by atoms with Crippen LogP contribution in [0.1, 0.15) is 10.4 Å². The molecule has 0 atom stereocenters. The first kappa shape index (κ1) is 18.0. The second-order valence-corrected chi connectivity index (χ2v) is 5.25. The van der Waals surface area contributed by atoms with Gasteiger partial charge in [0, 0.05) is 22.0 Å². The van der Waals surface area contributed by atoms with Crippen LogP contribution in [0.2, 0.25) is 5.02 Å². The number of hydrogen-bond donors (Lipinski definition) is 4. The molecule has 128 valence electrons. The largest absolute Gasteiger partial charge is 0.337 e. The Balaban J connectivity index is 1.86. The fourth-order valence-electron chi connectivity index (χ4n) is 1.81. The van der Waals surface area contributed by atoms with Gasteiger partial charge in [0.2, 0.25) is 5.91 Å². The third kappa shape index (κ3) is 5.67. The molecule has 8 heteroatoms. The van der Waals surface area contributed by atoms with Crippen LogP contribution in [0, 0.1) is 0 Å². The fourth-order valence-corrected chi connectivity index (χ4v) is 2.00. The van der Waals surface area contributed by atoms with Crippen molar-refractivity contribution in [3.63, 3.8) is 0 Å². The summed E-state index contributed by atoms with van der Waals surface area (Å²) in [5.41, 5.74) is 5.81. The second kappa shape index (κ2) is 8.51. The molecular weight excluding hydrogens is 344 g/mol. The lowest BCUT2D eigenvalue weighted by Gasteiger charge is -2.09. The molecule has 25 heavy (non-hydrogen) atoms. The molecule has 0 aliphatic heterocycles. The van der Waals surface area contributed by atoms with Gasteiger partial charge in [-0.3, -0.25) is 15.0 Å². The van der Waals surface area contributed by atoms with Crippen LogP contribution in [-0.4, -0.2) is 17.8 Å². The maximum absolute atomic E-state index is 12.0. The van der Waals surface area contributed by atoms with Crippen LogP contribution in [0.3, 0.4) is 0 Å². The number of hydrazine groups is 1. The summed E-state index contributed by atoms with van der Waals surface area (Å²) < 4.78 is 0. The first-order chi connectivity index (χ1) is 12.0. The van der Waals surface area contributed by atoms with Gasteiger partial charge in [0.15, 0.2) is 0 Å². The van der Waals surface area contributed by atoms with E-state index in [0.717, 1.165) is 6.08 Å². The standard InChI is InChI=1S/C17H15ClN4O3/c1-2-15(23)19-13-8-6-11(7-9-13)16(24)21-22-17(25)20-14-5-3-4-12(18)10-14/h2-10H,1H2,(H,19,23)(H,21,24)(H2,20,22,25). The van der Waals surface area contributed by atoms with Crippen LogP contribution in [0.25, 0.3) is 0 Å². The molecule has 0 aromatic heterocycles. The van der Waals surface area contributed by atoms with Crippen LogP contribution in [0.5, 0.6) is 0 Å². The Hall–Kier alpha value is -3.32. The molecule has 0 radical (unpaired) electrons. The van der Waals surface area contributed by atoms with Gasteiger partial charge in [0.25, 0.3) is 5.91 Å². The number of amides is 4. The van der Waals surface area contributed by atoms with Gasteiger partial charge in [-0.15, -0.1) is 0 Å². The average molecular weight is 359 g/mol. The molecule has 0 heterocycles. The molecule has 0 saturated carbocycles. The van der Waals surface area contributed by atoms with E-state index in [1.807, 2.05) is 0 Å². The third-order valence-corrected chi connectivity index (χ3v) is 3.21. The van der Waals surface area contributed by atoms with Gasteiger partial charge >= 0.3 is 6.03 Å². The lowest BCUT2D eigenvalue weighted by molar-refractivity contribution is -0.111. The van der Waals surface area contributed by atoms with Gasteiger partial charge in [0.1, 0.15) is 0 Å². The van der Waals surface area contributed by atoms with Gasteiger partial charge in [-0.05, 0) is 48.5 Å². The average Bonchev–Trinajstić information content (AvgIpc) is 2.60. The van der Waals surface area contributed by atoms with Crippen LogP contribution in [-0.2, 0) is 4.79 Å². The van der Waals surface area contributed by atoms with Gasteiger partial charge in [0.05, 0.1) is 0 Å². The molecule has 2 rings (SSSR count). The molecular formula is C17H15ClN4O3. The number of carbonyl (C=O) groups is 3. The van der Waals surface area contributed by atoms with Crippen molar-refractivity contribution in [2.24, 2.45) is 0 Å². The normalized spacial score (nSPS) is 9.64. The number of anilines is 2. The van der Waals surface area contributed by atoms with Crippen molar-refractivity contribution in [2.45, 2.75) is 0 Å². The van der Waals surface area contributed by atoms with Crippen LogP contribution >= 0.6 is 11.6 Å². The predicted octanol–water partition coefficient (Wildman–Crippen LogP) is 2.93. The highest BCUT2D eigenvalue weighted by Crippen LogP contribution is 2.14. The number of halogens is 1. The van der Waals surface area contributed by atoms with Crippen molar-refractivity contribution < 1.29 is 14.4 Å². The highest BCUT2D eigenvalue weighted by molar-refractivity contribution is 6.30. The number of rotatable bonds is 4. The van der Waals surface area contributed by atoms with E-state index >= 15 is 0 Å². The van der Waals surface area contributed by atoms with E-state index in [0.29, 0.717) is 22.0 Å². The van der Waals surface area contributed by atoms with E-state index in [2.05, 4.69) is 28.1 Å². The van der Waals surface area contributed by atoms with Crippen LogP contribution in [0.4, 0.5) is 16.2 Å². The number of urea groups is 1. The van der Waals surface area contributed by atoms with E-state index < -0.39 is 11.9 Å². The van der Waals surface area contributed by atoms with Gasteiger partial charge < -0.3 is 10.6 Å². The summed E-state index contributed by atoms with van der Waals surface area (Å²) in [6.45, 7) is 3.35. The smallest absolute Gasteiger partial charge is 0.323 e. The zero-order chi connectivity index (χ0) is 18.2. The van der Waals surface area contributed by atoms with Gasteiger partial charge in [-0.1, -0.05) is 24.2 Å². The molecule has 4 N–H and O–H groups in total. The number of nitrogens with one attached hydrogen (secondary N) is 4. The summed E-state index contributed by atoms with van der Waals surface area (Å²) in [7, 11) is 0. The summed E-state index contributed by atoms with van der Waals surface area (Å²) in [5.74, 6) is -0.862. The summed E-state index contributed by atoms with van der Waals surface area (Å²) in [6, 6.07) is 12.1. The van der Waals surface area contributed by atoms with Crippen molar-refractivity contribution in [1.29, 1.82) is 0 Å². The monoisotopic (exact) mass is 358 g/mol. The summed E-state index contributed by atoms with van der Waals surface area (Å²) in [5, 5.41) is 5.56. The van der Waals surface area contributed by atoms with Crippen molar-refractivity contribution >= 4 is 40.8 Å². The highest BCUT2D eigenvalue weighted by atomic mass is 35.5. The van der Waals surface area contributed by atoms with E-state index in [1.165, 1.54) is 12.1 Å².